The summed E-state index contributed by atoms with van der Waals surface area (Å²) >= 11 is 7.82. The average Bonchev–Trinajstić information content (AvgIpc) is 2.90. The van der Waals surface area contributed by atoms with E-state index in [2.05, 4.69) is 10.3 Å². The Balaban J connectivity index is 2.18. The zero-order valence-electron chi connectivity index (χ0n) is 10.1. The highest BCUT2D eigenvalue weighted by Gasteiger charge is 2.12. The van der Waals surface area contributed by atoms with Crippen molar-refractivity contribution >= 4 is 28.1 Å². The van der Waals surface area contributed by atoms with Crippen LogP contribution < -0.4 is 14.8 Å². The van der Waals surface area contributed by atoms with E-state index in [0.717, 1.165) is 10.7 Å². The van der Waals surface area contributed by atoms with Gasteiger partial charge in [0.15, 0.2) is 16.6 Å². The smallest absolute Gasteiger partial charge is 0.182 e. The quantitative estimate of drug-likeness (QED) is 0.913. The fraction of sp³-hybridized carbons (Fsp3) is 0.250. The Hall–Kier alpha value is -1.46. The lowest BCUT2D eigenvalue weighted by Crippen LogP contribution is -2.01. The molecule has 0 aliphatic heterocycles. The molecule has 0 aliphatic rings. The third-order valence-corrected chi connectivity index (χ3v) is 3.57. The number of anilines is 1. The van der Waals surface area contributed by atoms with Crippen LogP contribution in [0.25, 0.3) is 0 Å². The molecule has 1 heterocycles. The van der Waals surface area contributed by atoms with E-state index < -0.39 is 0 Å². The van der Waals surface area contributed by atoms with Crippen LogP contribution in [0.3, 0.4) is 0 Å². The summed E-state index contributed by atoms with van der Waals surface area (Å²) in [6, 6.07) is 3.74. The molecule has 18 heavy (non-hydrogen) atoms. The topological polar surface area (TPSA) is 43.4 Å². The number of thiazole rings is 1. The highest BCUT2D eigenvalue weighted by molar-refractivity contribution is 7.13. The van der Waals surface area contributed by atoms with Crippen molar-refractivity contribution in [1.82, 2.24) is 4.98 Å². The molecule has 1 aromatic heterocycles. The van der Waals surface area contributed by atoms with Crippen LogP contribution in [0.15, 0.2) is 23.7 Å². The monoisotopic (exact) mass is 284 g/mol. The normalized spacial score (nSPS) is 10.2. The van der Waals surface area contributed by atoms with Gasteiger partial charge in [0.1, 0.15) is 0 Å². The molecule has 0 amide bonds. The number of hydrogen-bond acceptors (Lipinski definition) is 5. The highest BCUT2D eigenvalue weighted by atomic mass is 35.5. The zero-order chi connectivity index (χ0) is 13.0. The van der Waals surface area contributed by atoms with Gasteiger partial charge < -0.3 is 14.8 Å². The van der Waals surface area contributed by atoms with Gasteiger partial charge >= 0.3 is 0 Å². The van der Waals surface area contributed by atoms with Gasteiger partial charge in [-0.15, -0.1) is 11.3 Å². The van der Waals surface area contributed by atoms with Crippen LogP contribution in [0.5, 0.6) is 11.5 Å². The number of aromatic nitrogens is 1. The third kappa shape index (κ3) is 2.68. The van der Waals surface area contributed by atoms with E-state index in [9.17, 15) is 0 Å². The first-order chi connectivity index (χ1) is 8.76. The Morgan fingerprint density at radius 2 is 2.17 bits per heavy atom. The lowest BCUT2D eigenvalue weighted by molar-refractivity contribution is 0.355. The summed E-state index contributed by atoms with van der Waals surface area (Å²) in [7, 11) is 3.16. The Kier molecular flexibility index (Phi) is 4.28. The zero-order valence-corrected chi connectivity index (χ0v) is 11.6. The van der Waals surface area contributed by atoms with Crippen molar-refractivity contribution in [2.75, 3.05) is 19.5 Å². The molecule has 96 valence electrons. The first-order valence-electron chi connectivity index (χ1n) is 5.29. The average molecular weight is 285 g/mol. The van der Waals surface area contributed by atoms with E-state index >= 15 is 0 Å². The molecular weight excluding hydrogens is 272 g/mol. The van der Waals surface area contributed by atoms with E-state index in [0.29, 0.717) is 23.1 Å². The first kappa shape index (κ1) is 13.0. The summed E-state index contributed by atoms with van der Waals surface area (Å²) in [5, 5.41) is 6.53. The van der Waals surface area contributed by atoms with Gasteiger partial charge in [0.05, 0.1) is 19.2 Å². The number of nitrogens with zero attached hydrogens (tertiary/aromatic N) is 1. The summed E-state index contributed by atoms with van der Waals surface area (Å²) in [4.78, 5) is 4.15. The van der Waals surface area contributed by atoms with Gasteiger partial charge in [-0.05, 0) is 11.6 Å². The SMILES string of the molecule is COc1ccc(CNc2nccs2)c(Cl)c1OC. The molecule has 0 aliphatic carbocycles. The number of ether oxygens (including phenoxy) is 2. The summed E-state index contributed by atoms with van der Waals surface area (Å²) in [5.74, 6) is 1.18. The molecular formula is C12H13ClN2O2S. The Morgan fingerprint density at radius 3 is 2.78 bits per heavy atom. The molecule has 6 heteroatoms. The minimum absolute atomic E-state index is 0.553. The van der Waals surface area contributed by atoms with E-state index in [1.165, 1.54) is 0 Å². The highest BCUT2D eigenvalue weighted by Crippen LogP contribution is 2.37. The lowest BCUT2D eigenvalue weighted by atomic mass is 10.2. The summed E-state index contributed by atoms with van der Waals surface area (Å²) < 4.78 is 10.4. The standard InChI is InChI=1S/C12H13ClN2O2S/c1-16-9-4-3-8(10(13)11(9)17-2)7-15-12-14-5-6-18-12/h3-6H,7H2,1-2H3,(H,14,15). The maximum Gasteiger partial charge on any atom is 0.182 e. The Labute approximate surface area is 115 Å². The lowest BCUT2D eigenvalue weighted by Gasteiger charge is -2.12. The molecule has 2 rings (SSSR count). The van der Waals surface area contributed by atoms with Gasteiger partial charge in [0.2, 0.25) is 0 Å². The fourth-order valence-electron chi connectivity index (χ4n) is 1.55. The van der Waals surface area contributed by atoms with Crippen molar-refractivity contribution in [3.8, 4) is 11.5 Å². The summed E-state index contributed by atoms with van der Waals surface area (Å²) in [6.45, 7) is 0.590. The fourth-order valence-corrected chi connectivity index (χ4v) is 2.38. The summed E-state index contributed by atoms with van der Waals surface area (Å²) in [6.07, 6.45) is 1.75. The Bertz CT molecular complexity index is 517. The molecule has 0 unspecified atom stereocenters. The molecule has 4 nitrogen and oxygen atoms in total. The second-order valence-electron chi connectivity index (χ2n) is 3.46. The third-order valence-electron chi connectivity index (χ3n) is 2.43. The van der Waals surface area contributed by atoms with Crippen molar-refractivity contribution in [2.24, 2.45) is 0 Å². The van der Waals surface area contributed by atoms with Crippen molar-refractivity contribution in [3.63, 3.8) is 0 Å². The Morgan fingerprint density at radius 1 is 1.33 bits per heavy atom. The van der Waals surface area contributed by atoms with Crippen molar-refractivity contribution in [3.05, 3.63) is 34.3 Å². The number of nitrogens with one attached hydrogen (secondary N) is 1. The van der Waals surface area contributed by atoms with Crippen LogP contribution >= 0.6 is 22.9 Å². The predicted molar refractivity (Wildman–Crippen MR) is 74.0 cm³/mol. The van der Waals surface area contributed by atoms with Crippen molar-refractivity contribution < 1.29 is 9.47 Å². The predicted octanol–water partition coefficient (Wildman–Crippen LogP) is 3.43. The number of methoxy groups -OCH3 is 2. The molecule has 0 bridgehead atoms. The minimum Gasteiger partial charge on any atom is -0.493 e. The van der Waals surface area contributed by atoms with Crippen molar-refractivity contribution in [1.29, 1.82) is 0 Å². The second-order valence-corrected chi connectivity index (χ2v) is 4.74. The van der Waals surface area contributed by atoms with E-state index in [1.54, 1.807) is 31.8 Å². The van der Waals surface area contributed by atoms with E-state index in [1.807, 2.05) is 17.5 Å². The largest absolute Gasteiger partial charge is 0.493 e. The molecule has 0 fully saturated rings. The minimum atomic E-state index is 0.553. The molecule has 1 aromatic carbocycles. The molecule has 0 radical (unpaired) electrons. The van der Waals surface area contributed by atoms with Crippen molar-refractivity contribution in [2.45, 2.75) is 6.54 Å². The van der Waals surface area contributed by atoms with Gasteiger partial charge in [-0.2, -0.15) is 0 Å². The number of halogens is 1. The molecule has 0 saturated carbocycles. The van der Waals surface area contributed by atoms with E-state index in [-0.39, 0.29) is 0 Å². The number of hydrogen-bond donors (Lipinski definition) is 1. The van der Waals surface area contributed by atoms with Crippen LogP contribution in [-0.2, 0) is 6.54 Å². The van der Waals surface area contributed by atoms with Crippen LogP contribution in [0.4, 0.5) is 5.13 Å². The van der Waals surface area contributed by atoms with Gasteiger partial charge in [-0.25, -0.2) is 4.98 Å². The van der Waals surface area contributed by atoms with Gasteiger partial charge in [-0.3, -0.25) is 0 Å². The van der Waals surface area contributed by atoms with Crippen LogP contribution in [0.2, 0.25) is 5.02 Å². The molecule has 0 saturated heterocycles. The number of rotatable bonds is 5. The van der Waals surface area contributed by atoms with Gasteiger partial charge in [0, 0.05) is 18.1 Å². The van der Waals surface area contributed by atoms with Gasteiger partial charge in [0.25, 0.3) is 0 Å². The van der Waals surface area contributed by atoms with E-state index in [4.69, 9.17) is 21.1 Å². The molecule has 0 spiro atoms. The molecule has 1 N–H and O–H groups in total. The maximum absolute atomic E-state index is 6.27. The second kappa shape index (κ2) is 5.93. The van der Waals surface area contributed by atoms with Crippen LogP contribution in [0.1, 0.15) is 5.56 Å². The molecule has 0 atom stereocenters. The number of benzene rings is 1. The molecule has 2 aromatic rings. The summed E-state index contributed by atoms with van der Waals surface area (Å²) in [5.41, 5.74) is 0.935. The maximum atomic E-state index is 6.27. The van der Waals surface area contributed by atoms with Crippen LogP contribution in [-0.4, -0.2) is 19.2 Å². The van der Waals surface area contributed by atoms with Crippen LogP contribution in [0, 0.1) is 0 Å². The van der Waals surface area contributed by atoms with Gasteiger partial charge in [-0.1, -0.05) is 17.7 Å². The first-order valence-corrected chi connectivity index (χ1v) is 6.54.